The van der Waals surface area contributed by atoms with Crippen LogP contribution in [-0.4, -0.2) is 37.1 Å². The zero-order valence-corrected chi connectivity index (χ0v) is 16.1. The maximum absolute atomic E-state index is 12.2. The number of nitrogens with zero attached hydrogens (tertiary/aromatic N) is 1. The third-order valence-electron chi connectivity index (χ3n) is 3.86. The summed E-state index contributed by atoms with van der Waals surface area (Å²) in [5, 5.41) is 13.4. The summed E-state index contributed by atoms with van der Waals surface area (Å²) in [6.07, 6.45) is 1.45. The van der Waals surface area contributed by atoms with E-state index in [1.54, 1.807) is 24.3 Å². The Morgan fingerprint density at radius 1 is 1.14 bits per heavy atom. The van der Waals surface area contributed by atoms with Gasteiger partial charge in [0.15, 0.2) is 6.10 Å². The van der Waals surface area contributed by atoms with Crippen molar-refractivity contribution in [3.63, 3.8) is 0 Å². The molecule has 0 saturated heterocycles. The maximum atomic E-state index is 12.2. The Morgan fingerprint density at radius 2 is 1.86 bits per heavy atom. The van der Waals surface area contributed by atoms with Gasteiger partial charge in [0.25, 0.3) is 11.6 Å². The number of nitrogens with one attached hydrogen (secondary N) is 1. The molecule has 9 heteroatoms. The van der Waals surface area contributed by atoms with Gasteiger partial charge < -0.3 is 19.5 Å². The van der Waals surface area contributed by atoms with Crippen LogP contribution in [-0.2, 0) is 14.3 Å². The van der Waals surface area contributed by atoms with Crippen LogP contribution in [0, 0.1) is 10.1 Å². The molecule has 2 aromatic rings. The van der Waals surface area contributed by atoms with Crippen molar-refractivity contribution in [3.8, 4) is 11.5 Å². The fourth-order valence-electron chi connectivity index (χ4n) is 2.37. The number of nitro benzene ring substituents is 1. The first-order valence-electron chi connectivity index (χ1n) is 8.50. The molecule has 2 aromatic carbocycles. The van der Waals surface area contributed by atoms with Gasteiger partial charge in [0.1, 0.15) is 17.2 Å². The fraction of sp³-hybridized carbons (Fsp3) is 0.200. The first-order chi connectivity index (χ1) is 13.8. The summed E-state index contributed by atoms with van der Waals surface area (Å²) in [6, 6.07) is 10.7. The molecule has 0 spiro atoms. The average molecular weight is 400 g/mol. The Morgan fingerprint density at radius 3 is 2.52 bits per heavy atom. The minimum Gasteiger partial charge on any atom is -0.497 e. The van der Waals surface area contributed by atoms with Crippen LogP contribution in [0.25, 0.3) is 6.08 Å². The minimum atomic E-state index is -1.17. The molecule has 29 heavy (non-hydrogen) atoms. The summed E-state index contributed by atoms with van der Waals surface area (Å²) in [6.45, 7) is 1.36. The summed E-state index contributed by atoms with van der Waals surface area (Å²) < 4.78 is 15.4. The molecule has 0 aromatic heterocycles. The Hall–Kier alpha value is -3.88. The van der Waals surface area contributed by atoms with Crippen molar-refractivity contribution in [2.45, 2.75) is 13.0 Å². The second-order valence-corrected chi connectivity index (χ2v) is 5.78. The van der Waals surface area contributed by atoms with Crippen molar-refractivity contribution >= 4 is 29.3 Å². The number of carbonyl (C=O) groups is 2. The first-order valence-corrected chi connectivity index (χ1v) is 8.50. The van der Waals surface area contributed by atoms with Crippen molar-refractivity contribution < 1.29 is 28.7 Å². The van der Waals surface area contributed by atoms with Gasteiger partial charge in [-0.15, -0.1) is 0 Å². The number of carbonyl (C=O) groups excluding carboxylic acids is 2. The van der Waals surface area contributed by atoms with E-state index in [4.69, 9.17) is 14.2 Å². The third-order valence-corrected chi connectivity index (χ3v) is 3.86. The van der Waals surface area contributed by atoms with E-state index in [-0.39, 0.29) is 11.4 Å². The van der Waals surface area contributed by atoms with Crippen LogP contribution in [0.3, 0.4) is 0 Å². The van der Waals surface area contributed by atoms with E-state index in [0.717, 1.165) is 6.08 Å². The number of nitro groups is 1. The molecule has 0 radical (unpaired) electrons. The number of methoxy groups -OCH3 is 2. The van der Waals surface area contributed by atoms with Crippen LogP contribution in [0.2, 0.25) is 0 Å². The highest BCUT2D eigenvalue weighted by Crippen LogP contribution is 2.25. The van der Waals surface area contributed by atoms with E-state index < -0.39 is 22.9 Å². The van der Waals surface area contributed by atoms with E-state index in [1.165, 1.54) is 45.4 Å². The Bertz CT molecular complexity index is 940. The molecule has 2 rings (SSSR count). The van der Waals surface area contributed by atoms with Crippen LogP contribution in [0.15, 0.2) is 48.5 Å². The normalized spacial score (nSPS) is 11.6. The number of esters is 1. The van der Waals surface area contributed by atoms with E-state index >= 15 is 0 Å². The highest BCUT2D eigenvalue weighted by molar-refractivity contribution is 5.98. The smallest absolute Gasteiger partial charge is 0.331 e. The number of hydrogen-bond donors (Lipinski definition) is 1. The third kappa shape index (κ3) is 5.80. The number of amides is 1. The van der Waals surface area contributed by atoms with Crippen molar-refractivity contribution in [1.29, 1.82) is 0 Å². The second-order valence-electron chi connectivity index (χ2n) is 5.78. The monoisotopic (exact) mass is 400 g/mol. The molecule has 0 unspecified atom stereocenters. The molecule has 0 fully saturated rings. The first kappa shape index (κ1) is 21.4. The van der Waals surface area contributed by atoms with Gasteiger partial charge >= 0.3 is 5.97 Å². The molecule has 0 aliphatic rings. The summed E-state index contributed by atoms with van der Waals surface area (Å²) in [4.78, 5) is 34.6. The van der Waals surface area contributed by atoms with E-state index in [1.807, 2.05) is 0 Å². The largest absolute Gasteiger partial charge is 0.497 e. The van der Waals surface area contributed by atoms with Crippen LogP contribution >= 0.6 is 0 Å². The topological polar surface area (TPSA) is 117 Å². The number of ether oxygens (including phenoxy) is 3. The van der Waals surface area contributed by atoms with Crippen molar-refractivity contribution in [1.82, 2.24) is 0 Å². The molecule has 0 aliphatic carbocycles. The molecule has 1 amide bonds. The predicted octanol–water partition coefficient (Wildman–Crippen LogP) is 3.20. The van der Waals surface area contributed by atoms with E-state index in [2.05, 4.69) is 5.32 Å². The Labute approximate surface area is 167 Å². The molecule has 152 valence electrons. The molecular formula is C20H20N2O7. The van der Waals surface area contributed by atoms with Gasteiger partial charge in [-0.25, -0.2) is 4.79 Å². The summed E-state index contributed by atoms with van der Waals surface area (Å²) in [5.74, 6) is -0.354. The molecular weight excluding hydrogens is 380 g/mol. The SMILES string of the molecule is COc1ccc(OC)c(/C=C/C(=O)O[C@H](C)C(=O)Nc2ccccc2[N+](=O)[O-])c1. The molecule has 0 aliphatic heterocycles. The zero-order chi connectivity index (χ0) is 21.4. The van der Waals surface area contributed by atoms with Crippen LogP contribution in [0.4, 0.5) is 11.4 Å². The lowest BCUT2D eigenvalue weighted by atomic mass is 10.1. The summed E-state index contributed by atoms with van der Waals surface area (Å²) in [7, 11) is 3.01. The van der Waals surface area contributed by atoms with Gasteiger partial charge in [-0.3, -0.25) is 14.9 Å². The Balaban J connectivity index is 2.03. The Kier molecular flexibility index (Phi) is 7.30. The van der Waals surface area contributed by atoms with E-state index in [9.17, 15) is 19.7 Å². The van der Waals surface area contributed by atoms with Gasteiger partial charge in [-0.2, -0.15) is 0 Å². The van der Waals surface area contributed by atoms with Crippen molar-refractivity contribution in [2.75, 3.05) is 19.5 Å². The van der Waals surface area contributed by atoms with Gasteiger partial charge in [-0.05, 0) is 37.3 Å². The standard InChI is InChI=1S/C20H20N2O7/c1-13(20(24)21-16-6-4-5-7-17(16)22(25)26)29-19(23)11-8-14-12-15(27-2)9-10-18(14)28-3/h4-13H,1-3H3,(H,21,24)/b11-8+/t13-/m1/s1. The number of hydrogen-bond acceptors (Lipinski definition) is 7. The average Bonchev–Trinajstić information content (AvgIpc) is 2.72. The zero-order valence-electron chi connectivity index (χ0n) is 16.1. The highest BCUT2D eigenvalue weighted by atomic mass is 16.6. The second kappa shape index (κ2) is 9.88. The molecule has 0 saturated carbocycles. The number of rotatable bonds is 8. The maximum Gasteiger partial charge on any atom is 0.331 e. The van der Waals surface area contributed by atoms with Gasteiger partial charge in [0.05, 0.1) is 19.1 Å². The molecule has 0 heterocycles. The number of para-hydroxylation sites is 2. The summed E-state index contributed by atoms with van der Waals surface area (Å²) in [5.41, 5.74) is 0.340. The quantitative estimate of drug-likeness (QED) is 0.313. The number of anilines is 1. The molecule has 1 N–H and O–H groups in total. The molecule has 1 atom stereocenters. The van der Waals surface area contributed by atoms with Gasteiger partial charge in [-0.1, -0.05) is 12.1 Å². The van der Waals surface area contributed by atoms with Crippen LogP contribution < -0.4 is 14.8 Å². The van der Waals surface area contributed by atoms with Gasteiger partial charge in [0, 0.05) is 17.7 Å². The van der Waals surface area contributed by atoms with E-state index in [0.29, 0.717) is 17.1 Å². The highest BCUT2D eigenvalue weighted by Gasteiger charge is 2.21. The molecule has 9 nitrogen and oxygen atoms in total. The lowest BCUT2D eigenvalue weighted by Gasteiger charge is -2.12. The van der Waals surface area contributed by atoms with Gasteiger partial charge in [0.2, 0.25) is 0 Å². The molecule has 0 bridgehead atoms. The predicted molar refractivity (Wildman–Crippen MR) is 106 cm³/mol. The fourth-order valence-corrected chi connectivity index (χ4v) is 2.37. The lowest BCUT2D eigenvalue weighted by Crippen LogP contribution is -2.29. The van der Waals surface area contributed by atoms with Crippen molar-refractivity contribution in [2.24, 2.45) is 0 Å². The number of benzene rings is 2. The lowest BCUT2D eigenvalue weighted by molar-refractivity contribution is -0.383. The van der Waals surface area contributed by atoms with Crippen LogP contribution in [0.1, 0.15) is 12.5 Å². The minimum absolute atomic E-state index is 0.0158. The summed E-state index contributed by atoms with van der Waals surface area (Å²) >= 11 is 0. The van der Waals surface area contributed by atoms with Crippen LogP contribution in [0.5, 0.6) is 11.5 Å². The van der Waals surface area contributed by atoms with Crippen molar-refractivity contribution in [3.05, 3.63) is 64.2 Å².